The van der Waals surface area contributed by atoms with Crippen molar-refractivity contribution >= 4 is 0 Å². The Morgan fingerprint density at radius 2 is 2.15 bits per heavy atom. The van der Waals surface area contributed by atoms with E-state index in [2.05, 4.69) is 16.8 Å². The summed E-state index contributed by atoms with van der Waals surface area (Å²) in [5, 5.41) is 8.29. The number of aryl methyl sites for hydroxylation is 2. The molecule has 0 aliphatic heterocycles. The summed E-state index contributed by atoms with van der Waals surface area (Å²) in [6.07, 6.45) is 0.271. The van der Waals surface area contributed by atoms with Crippen LogP contribution in [0.15, 0.2) is 12.1 Å². The summed E-state index contributed by atoms with van der Waals surface area (Å²) < 4.78 is 0. The van der Waals surface area contributed by atoms with Gasteiger partial charge in [0, 0.05) is 11.3 Å². The molecule has 0 aliphatic carbocycles. The maximum atomic E-state index is 8.29. The Morgan fingerprint density at radius 3 is 2.77 bits per heavy atom. The molecule has 1 aromatic heterocycles. The fraction of sp³-hybridized carbons (Fsp3) is 0.273. The van der Waals surface area contributed by atoms with Gasteiger partial charge in [0.2, 0.25) is 0 Å². The molecule has 0 radical (unpaired) electrons. The quantitative estimate of drug-likeness (QED) is 0.558. The predicted molar refractivity (Wildman–Crippen MR) is 50.8 cm³/mol. The molecule has 1 aromatic rings. The first kappa shape index (κ1) is 9.29. The molecule has 1 heterocycles. The molecule has 0 atom stereocenters. The molecule has 1 rings (SSSR count). The summed E-state index contributed by atoms with van der Waals surface area (Å²) in [4.78, 5) is 4.27. The summed E-state index contributed by atoms with van der Waals surface area (Å²) in [5.41, 5.74) is 2.81. The third kappa shape index (κ3) is 2.61. The van der Waals surface area contributed by atoms with E-state index in [1.54, 1.807) is 0 Å². The van der Waals surface area contributed by atoms with E-state index in [4.69, 9.17) is 5.26 Å². The topological polar surface area (TPSA) is 36.7 Å². The number of nitriles is 1. The van der Waals surface area contributed by atoms with Gasteiger partial charge in [-0.3, -0.25) is 4.98 Å². The van der Waals surface area contributed by atoms with E-state index in [0.717, 1.165) is 17.0 Å². The average molecular weight is 170 g/mol. The summed E-state index contributed by atoms with van der Waals surface area (Å²) in [6.45, 7) is 3.86. The van der Waals surface area contributed by atoms with Crippen LogP contribution in [0, 0.1) is 37.0 Å². The highest BCUT2D eigenvalue weighted by Crippen LogP contribution is 2.04. The summed E-state index contributed by atoms with van der Waals surface area (Å²) in [6, 6.07) is 5.83. The van der Waals surface area contributed by atoms with Gasteiger partial charge in [0.15, 0.2) is 0 Å². The first-order valence-corrected chi connectivity index (χ1v) is 4.04. The molecule has 13 heavy (non-hydrogen) atoms. The lowest BCUT2D eigenvalue weighted by atomic mass is 10.2. The van der Waals surface area contributed by atoms with Gasteiger partial charge in [-0.25, -0.2) is 0 Å². The monoisotopic (exact) mass is 170 g/mol. The van der Waals surface area contributed by atoms with Crippen molar-refractivity contribution in [2.75, 3.05) is 0 Å². The smallest absolute Gasteiger partial charge is 0.0966 e. The largest absolute Gasteiger partial charge is 0.257 e. The van der Waals surface area contributed by atoms with Crippen LogP contribution in [0.5, 0.6) is 0 Å². The van der Waals surface area contributed by atoms with Gasteiger partial charge in [-0.15, -0.1) is 0 Å². The first-order valence-electron chi connectivity index (χ1n) is 4.04. The fourth-order valence-electron chi connectivity index (χ4n) is 0.998. The van der Waals surface area contributed by atoms with Crippen molar-refractivity contribution < 1.29 is 0 Å². The molecule has 2 heteroatoms. The Hall–Kier alpha value is -1.80. The SMILES string of the molecule is Cc1ccc(C#CCC#N)c(C)n1. The number of nitrogens with zero attached hydrogens (tertiary/aromatic N) is 2. The van der Waals surface area contributed by atoms with Crippen LogP contribution < -0.4 is 0 Å². The fourth-order valence-corrected chi connectivity index (χ4v) is 0.998. The van der Waals surface area contributed by atoms with Gasteiger partial charge in [-0.2, -0.15) is 5.26 Å². The van der Waals surface area contributed by atoms with Gasteiger partial charge in [0.05, 0.1) is 18.2 Å². The van der Waals surface area contributed by atoms with Gasteiger partial charge in [-0.1, -0.05) is 11.8 Å². The van der Waals surface area contributed by atoms with Gasteiger partial charge in [0.25, 0.3) is 0 Å². The Bertz CT molecular complexity index is 402. The van der Waals surface area contributed by atoms with Crippen molar-refractivity contribution in [2.45, 2.75) is 20.3 Å². The molecule has 0 aliphatic rings. The normalized spacial score (nSPS) is 8.38. The van der Waals surface area contributed by atoms with Crippen LogP contribution >= 0.6 is 0 Å². The molecular formula is C11H10N2. The molecule has 0 bridgehead atoms. The third-order valence-corrected chi connectivity index (χ3v) is 1.62. The number of hydrogen-bond donors (Lipinski definition) is 0. The van der Waals surface area contributed by atoms with Crippen molar-refractivity contribution in [1.82, 2.24) is 4.98 Å². The van der Waals surface area contributed by atoms with Crippen LogP contribution in [0.4, 0.5) is 0 Å². The molecule has 0 aromatic carbocycles. The number of hydrogen-bond acceptors (Lipinski definition) is 2. The van der Waals surface area contributed by atoms with Crippen LogP contribution in [-0.4, -0.2) is 4.98 Å². The van der Waals surface area contributed by atoms with Gasteiger partial charge in [-0.05, 0) is 26.0 Å². The van der Waals surface area contributed by atoms with E-state index in [0.29, 0.717) is 0 Å². The highest BCUT2D eigenvalue weighted by atomic mass is 14.7. The minimum absolute atomic E-state index is 0.271. The third-order valence-electron chi connectivity index (χ3n) is 1.62. The predicted octanol–water partition coefficient (Wildman–Crippen LogP) is 1.96. The van der Waals surface area contributed by atoms with Gasteiger partial charge < -0.3 is 0 Å². The Morgan fingerprint density at radius 1 is 1.38 bits per heavy atom. The molecule has 0 saturated heterocycles. The minimum Gasteiger partial charge on any atom is -0.257 e. The zero-order valence-electron chi connectivity index (χ0n) is 7.76. The van der Waals surface area contributed by atoms with Crippen molar-refractivity contribution in [3.05, 3.63) is 29.1 Å². The molecule has 0 amide bonds. The van der Waals surface area contributed by atoms with Crippen LogP contribution in [0.2, 0.25) is 0 Å². The highest BCUT2D eigenvalue weighted by Gasteiger charge is 1.94. The molecule has 0 saturated carbocycles. The second-order valence-electron chi connectivity index (χ2n) is 2.72. The summed E-state index contributed by atoms with van der Waals surface area (Å²) >= 11 is 0. The molecule has 0 spiro atoms. The van der Waals surface area contributed by atoms with Crippen molar-refractivity contribution in [3.8, 4) is 17.9 Å². The Balaban J connectivity index is 2.93. The molecule has 0 N–H and O–H groups in total. The lowest BCUT2D eigenvalue weighted by molar-refractivity contribution is 1.11. The molecule has 0 unspecified atom stereocenters. The van der Waals surface area contributed by atoms with Crippen LogP contribution in [0.3, 0.4) is 0 Å². The molecule has 64 valence electrons. The number of rotatable bonds is 0. The average Bonchev–Trinajstić information content (AvgIpc) is 2.09. The van der Waals surface area contributed by atoms with E-state index < -0.39 is 0 Å². The van der Waals surface area contributed by atoms with E-state index in [9.17, 15) is 0 Å². The number of aromatic nitrogens is 1. The van der Waals surface area contributed by atoms with Crippen LogP contribution in [0.1, 0.15) is 23.4 Å². The first-order chi connectivity index (χ1) is 6.24. The van der Waals surface area contributed by atoms with E-state index in [1.807, 2.05) is 32.0 Å². The van der Waals surface area contributed by atoms with Crippen molar-refractivity contribution in [1.29, 1.82) is 5.26 Å². The van der Waals surface area contributed by atoms with Gasteiger partial charge >= 0.3 is 0 Å². The zero-order valence-corrected chi connectivity index (χ0v) is 7.76. The highest BCUT2D eigenvalue weighted by molar-refractivity contribution is 5.38. The van der Waals surface area contributed by atoms with Crippen LogP contribution in [-0.2, 0) is 0 Å². The lowest BCUT2D eigenvalue weighted by Crippen LogP contribution is -1.89. The second kappa shape index (κ2) is 4.28. The minimum atomic E-state index is 0.271. The maximum Gasteiger partial charge on any atom is 0.0966 e. The van der Waals surface area contributed by atoms with Crippen LogP contribution in [0.25, 0.3) is 0 Å². The van der Waals surface area contributed by atoms with Gasteiger partial charge in [0.1, 0.15) is 0 Å². The molecular weight excluding hydrogens is 160 g/mol. The van der Waals surface area contributed by atoms with Crippen molar-refractivity contribution in [3.63, 3.8) is 0 Å². The number of pyridine rings is 1. The Labute approximate surface area is 78.2 Å². The maximum absolute atomic E-state index is 8.29. The lowest BCUT2D eigenvalue weighted by Gasteiger charge is -1.97. The zero-order chi connectivity index (χ0) is 9.68. The van der Waals surface area contributed by atoms with E-state index >= 15 is 0 Å². The summed E-state index contributed by atoms with van der Waals surface area (Å²) in [7, 11) is 0. The van der Waals surface area contributed by atoms with Crippen molar-refractivity contribution in [2.24, 2.45) is 0 Å². The standard InChI is InChI=1S/C11H10N2/c1-9-6-7-11(10(2)13-9)5-3-4-8-12/h6-7H,4H2,1-2H3. The second-order valence-corrected chi connectivity index (χ2v) is 2.72. The van der Waals surface area contributed by atoms with E-state index in [-0.39, 0.29) is 6.42 Å². The van der Waals surface area contributed by atoms with E-state index in [1.165, 1.54) is 0 Å². The Kier molecular flexibility index (Phi) is 3.06. The summed E-state index contributed by atoms with van der Waals surface area (Å²) in [5.74, 6) is 5.67. The molecule has 2 nitrogen and oxygen atoms in total. The molecule has 0 fully saturated rings.